The smallest absolute Gasteiger partial charge is 0.323 e. The molecule has 3 N–H and O–H groups in total. The summed E-state index contributed by atoms with van der Waals surface area (Å²) in [6.45, 7) is 15.7. The van der Waals surface area contributed by atoms with Crippen molar-refractivity contribution in [2.45, 2.75) is 148 Å². The van der Waals surface area contributed by atoms with E-state index in [1.807, 2.05) is 45.6 Å². The molecule has 348 valence electrons. The van der Waals surface area contributed by atoms with E-state index in [2.05, 4.69) is 62.1 Å². The number of thioether (sulfide) groups is 2. The van der Waals surface area contributed by atoms with Crippen LogP contribution in [0.15, 0.2) is 52.2 Å². The van der Waals surface area contributed by atoms with E-state index in [0.717, 1.165) is 75.2 Å². The lowest BCUT2D eigenvalue weighted by atomic mass is 9.67. The van der Waals surface area contributed by atoms with Crippen LogP contribution in [0.2, 0.25) is 0 Å². The first kappa shape index (κ1) is 51.1. The molecule has 5 atom stereocenters. The number of rotatable bonds is 21. The maximum absolute atomic E-state index is 14.0. The number of carboxylic acid groups (broad SMARTS) is 3. The van der Waals surface area contributed by atoms with Gasteiger partial charge in [0.2, 0.25) is 0 Å². The SMILES string of the molecule is CCC(C)(CN(C)C(=S)S/C(C=O)=c1/s/c(=C\c2ccc3c(c2)C2CCCC2N3c2ccc(SC(C)(CC)CC(C)(CC)C(=O)O)cc2)c(=O)n1CC(=O)O)CC(CC)(CC)C(=O)O. The fourth-order valence-electron chi connectivity index (χ4n) is 9.72. The topological polar surface area (TPSA) is 157 Å². The summed E-state index contributed by atoms with van der Waals surface area (Å²) >= 11 is 9.62. The lowest BCUT2D eigenvalue weighted by Gasteiger charge is -2.40. The van der Waals surface area contributed by atoms with Crippen molar-refractivity contribution < 1.29 is 34.5 Å². The third kappa shape index (κ3) is 10.8. The van der Waals surface area contributed by atoms with Crippen LogP contribution in [0.3, 0.4) is 0 Å². The molecule has 11 nitrogen and oxygen atoms in total. The van der Waals surface area contributed by atoms with Crippen LogP contribution in [0.5, 0.6) is 0 Å². The summed E-state index contributed by atoms with van der Waals surface area (Å²) < 4.78 is 1.73. The zero-order chi connectivity index (χ0) is 47.4. The van der Waals surface area contributed by atoms with Gasteiger partial charge in [0.05, 0.1) is 20.3 Å². The molecule has 15 heteroatoms. The number of benzene rings is 2. The van der Waals surface area contributed by atoms with Gasteiger partial charge in [-0.05, 0) is 124 Å². The number of aldehydes is 1. The number of fused-ring (bicyclic) bond motifs is 3. The minimum Gasteiger partial charge on any atom is -0.481 e. The number of hydrogen-bond donors (Lipinski definition) is 3. The van der Waals surface area contributed by atoms with E-state index in [1.54, 1.807) is 24.9 Å². The molecule has 0 saturated heterocycles. The highest BCUT2D eigenvalue weighted by molar-refractivity contribution is 8.29. The predicted octanol–water partition coefficient (Wildman–Crippen LogP) is 9.72. The predicted molar refractivity (Wildman–Crippen MR) is 266 cm³/mol. The number of nitrogens with zero attached hydrogens (tertiary/aromatic N) is 3. The van der Waals surface area contributed by atoms with Gasteiger partial charge in [-0.15, -0.1) is 23.1 Å². The third-order valence-corrected chi connectivity index (χ3v) is 18.4. The second-order valence-corrected chi connectivity index (χ2v) is 23.0. The molecule has 1 aliphatic heterocycles. The van der Waals surface area contributed by atoms with Crippen LogP contribution < -0.4 is 19.7 Å². The summed E-state index contributed by atoms with van der Waals surface area (Å²) in [6.07, 6.45) is 9.67. The highest BCUT2D eigenvalue weighted by atomic mass is 32.2. The van der Waals surface area contributed by atoms with Gasteiger partial charge in [-0.2, -0.15) is 0 Å². The zero-order valence-corrected chi connectivity index (χ0v) is 42.0. The molecule has 2 aliphatic rings. The first-order valence-electron chi connectivity index (χ1n) is 22.4. The lowest BCUT2D eigenvalue weighted by Crippen LogP contribution is -2.42. The van der Waals surface area contributed by atoms with Gasteiger partial charge in [-0.3, -0.25) is 28.5 Å². The van der Waals surface area contributed by atoms with Crippen LogP contribution >= 0.6 is 47.1 Å². The molecule has 3 aromatic rings. The van der Waals surface area contributed by atoms with E-state index in [0.29, 0.717) is 66.1 Å². The van der Waals surface area contributed by atoms with Gasteiger partial charge < -0.3 is 25.1 Å². The Kier molecular flexibility index (Phi) is 16.5. The van der Waals surface area contributed by atoms with Gasteiger partial charge in [0.15, 0.2) is 6.29 Å². The molecule has 2 heterocycles. The molecule has 5 rings (SSSR count). The zero-order valence-electron chi connectivity index (χ0n) is 38.7. The Morgan fingerprint density at radius 2 is 1.58 bits per heavy atom. The maximum Gasteiger partial charge on any atom is 0.323 e. The number of aliphatic carboxylic acids is 3. The number of thiocarbonyl (C=S) groups is 1. The molecule has 1 aromatic heterocycles. The second kappa shape index (κ2) is 20.7. The minimum atomic E-state index is -1.22. The number of carbonyl (C=O) groups excluding carboxylic acids is 1. The van der Waals surface area contributed by atoms with Crippen molar-refractivity contribution in [3.63, 3.8) is 0 Å². The molecule has 1 fully saturated rings. The number of anilines is 2. The normalized spacial score (nSPS) is 19.5. The minimum absolute atomic E-state index is 0.127. The molecular weight excluding hydrogens is 887 g/mol. The molecule has 5 unspecified atom stereocenters. The van der Waals surface area contributed by atoms with Crippen molar-refractivity contribution in [1.29, 1.82) is 0 Å². The Morgan fingerprint density at radius 3 is 2.12 bits per heavy atom. The van der Waals surface area contributed by atoms with E-state index in [4.69, 9.17) is 12.2 Å². The Bertz CT molecular complexity index is 2430. The van der Waals surface area contributed by atoms with E-state index in [9.17, 15) is 39.3 Å². The standard InChI is InChI=1S/C49H65N3O8S4/c1-10-46(6,28-49(13-4,14-5)44(59)60)30-50(9)45(61)63-39(27-53)42-51(26-40(54)55)41(56)38(62-42)25-31-18-23-37-35(24-31)34-16-15-17-36(34)52(37)32-19-21-33(22-20-32)64-48(8,12-3)29-47(7,11-2)43(57)58/h18-25,27,34,36H,10-17,26,28-30H2,1-9H3,(H,54,55)(H,57,58)(H,59,60)/b38-25-,42-39+. The van der Waals surface area contributed by atoms with Crippen molar-refractivity contribution in [1.82, 2.24) is 9.47 Å². The van der Waals surface area contributed by atoms with Gasteiger partial charge >= 0.3 is 17.9 Å². The van der Waals surface area contributed by atoms with Crippen LogP contribution in [-0.4, -0.2) is 77.7 Å². The molecule has 0 radical (unpaired) electrons. The van der Waals surface area contributed by atoms with Gasteiger partial charge in [0.1, 0.15) is 15.5 Å². The highest BCUT2D eigenvalue weighted by Crippen LogP contribution is 2.53. The Morgan fingerprint density at radius 1 is 0.906 bits per heavy atom. The quantitative estimate of drug-likeness (QED) is 0.0527. The summed E-state index contributed by atoms with van der Waals surface area (Å²) in [4.78, 5) is 68.8. The Hall–Kier alpha value is -3.92. The third-order valence-electron chi connectivity index (χ3n) is 14.2. The highest BCUT2D eigenvalue weighted by Gasteiger charge is 2.44. The molecule has 0 amide bonds. The average Bonchev–Trinajstić information content (AvgIpc) is 3.94. The van der Waals surface area contributed by atoms with E-state index >= 15 is 0 Å². The van der Waals surface area contributed by atoms with E-state index < -0.39 is 46.3 Å². The maximum atomic E-state index is 14.0. The number of carboxylic acids is 3. The summed E-state index contributed by atoms with van der Waals surface area (Å²) in [5, 5.41) is 30.0. The molecular formula is C49H65N3O8S4. The number of hydrogen-bond acceptors (Lipinski definition) is 10. The van der Waals surface area contributed by atoms with Gasteiger partial charge in [-0.25, -0.2) is 0 Å². The number of thiazole rings is 1. The molecule has 0 bridgehead atoms. The molecule has 2 aromatic carbocycles. The summed E-state index contributed by atoms with van der Waals surface area (Å²) in [6, 6.07) is 15.1. The summed E-state index contributed by atoms with van der Waals surface area (Å²) in [5.74, 6) is -2.49. The Balaban J connectivity index is 1.45. The molecule has 1 aliphatic carbocycles. The molecule has 0 spiro atoms. The number of carbonyl (C=O) groups is 4. The van der Waals surface area contributed by atoms with Gasteiger partial charge in [0.25, 0.3) is 5.56 Å². The van der Waals surface area contributed by atoms with Crippen LogP contribution in [0.1, 0.15) is 137 Å². The largest absolute Gasteiger partial charge is 0.481 e. The van der Waals surface area contributed by atoms with Crippen LogP contribution in [0.25, 0.3) is 11.0 Å². The average molecular weight is 952 g/mol. The molecule has 1 saturated carbocycles. The fraction of sp³-hybridized carbons (Fsp3) is 0.551. The second-order valence-electron chi connectivity index (χ2n) is 18.6. The Labute approximate surface area is 395 Å². The van der Waals surface area contributed by atoms with Gasteiger partial charge in [-0.1, -0.05) is 84.9 Å². The van der Waals surface area contributed by atoms with Crippen molar-refractivity contribution >= 4 is 97.9 Å². The first-order valence-corrected chi connectivity index (χ1v) is 25.3. The molecule has 64 heavy (non-hydrogen) atoms. The van der Waals surface area contributed by atoms with Crippen molar-refractivity contribution in [3.05, 3.63) is 73.1 Å². The first-order chi connectivity index (χ1) is 30.1. The lowest BCUT2D eigenvalue weighted by molar-refractivity contribution is -0.152. The van der Waals surface area contributed by atoms with Crippen molar-refractivity contribution in [3.8, 4) is 0 Å². The number of aromatic nitrogens is 1. The fourth-order valence-corrected chi connectivity index (χ4v) is 13.3. The van der Waals surface area contributed by atoms with Crippen LogP contribution in [0.4, 0.5) is 11.4 Å². The van der Waals surface area contributed by atoms with Crippen LogP contribution in [0, 0.1) is 16.2 Å². The summed E-state index contributed by atoms with van der Waals surface area (Å²) in [7, 11) is 1.80. The van der Waals surface area contributed by atoms with Crippen molar-refractivity contribution in [2.24, 2.45) is 16.2 Å². The van der Waals surface area contributed by atoms with Gasteiger partial charge in [0, 0.05) is 46.6 Å². The van der Waals surface area contributed by atoms with Crippen LogP contribution in [-0.2, 0) is 25.7 Å². The van der Waals surface area contributed by atoms with E-state index in [-0.39, 0.29) is 20.4 Å². The monoisotopic (exact) mass is 951 g/mol. The summed E-state index contributed by atoms with van der Waals surface area (Å²) in [5.41, 5.74) is 1.62. The van der Waals surface area contributed by atoms with Crippen molar-refractivity contribution in [2.75, 3.05) is 18.5 Å². The van der Waals surface area contributed by atoms with E-state index in [1.165, 1.54) is 5.56 Å².